The molecule has 4 heterocycles. The molecule has 0 spiro atoms. The molecule has 0 aromatic carbocycles. The van der Waals surface area contributed by atoms with E-state index in [1.807, 2.05) is 28.9 Å². The van der Waals surface area contributed by atoms with Crippen molar-refractivity contribution in [1.82, 2.24) is 19.5 Å². The average molecular weight is 318 g/mol. The van der Waals surface area contributed by atoms with Crippen LogP contribution in [0.25, 0.3) is 5.65 Å². The minimum Gasteiger partial charge on any atom is -0.448 e. The minimum atomic E-state index is 0.450. The second-order valence-corrected chi connectivity index (χ2v) is 5.76. The first-order valence-electron chi connectivity index (χ1n) is 7.30. The lowest BCUT2D eigenvalue weighted by molar-refractivity contribution is 0.230. The van der Waals surface area contributed by atoms with Gasteiger partial charge in [-0.05, 0) is 35.9 Å². The molecule has 0 amide bonds. The third kappa shape index (κ3) is 2.67. The lowest BCUT2D eigenvalue weighted by Crippen LogP contribution is -2.46. The van der Waals surface area contributed by atoms with E-state index in [-0.39, 0.29) is 0 Å². The van der Waals surface area contributed by atoms with E-state index < -0.39 is 0 Å². The Bertz CT molecular complexity index is 775. The summed E-state index contributed by atoms with van der Waals surface area (Å²) in [6.07, 6.45) is 3.63. The van der Waals surface area contributed by atoms with Crippen molar-refractivity contribution in [1.29, 1.82) is 0 Å². The number of halogens is 1. The van der Waals surface area contributed by atoms with E-state index in [2.05, 4.69) is 19.9 Å². The predicted molar refractivity (Wildman–Crippen MR) is 84.2 cm³/mol. The van der Waals surface area contributed by atoms with Gasteiger partial charge in [-0.15, -0.1) is 5.10 Å². The Morgan fingerprint density at radius 3 is 2.73 bits per heavy atom. The SMILES string of the molecule is Clc1ccc(CN2CCN(c3ccc4nccn4n3)CC2)o1. The second kappa shape index (κ2) is 5.62. The van der Waals surface area contributed by atoms with Crippen molar-refractivity contribution in [2.75, 3.05) is 31.1 Å². The van der Waals surface area contributed by atoms with Crippen molar-refractivity contribution >= 4 is 23.1 Å². The topological polar surface area (TPSA) is 49.8 Å². The molecule has 1 aliphatic heterocycles. The van der Waals surface area contributed by atoms with Crippen LogP contribution in [0.15, 0.2) is 41.1 Å². The van der Waals surface area contributed by atoms with Crippen molar-refractivity contribution in [3.05, 3.63) is 47.6 Å². The molecule has 1 fully saturated rings. The molecule has 0 N–H and O–H groups in total. The molecule has 4 rings (SSSR count). The van der Waals surface area contributed by atoms with Crippen molar-refractivity contribution in [3.8, 4) is 0 Å². The molecule has 0 atom stereocenters. The van der Waals surface area contributed by atoms with E-state index in [0.29, 0.717) is 5.22 Å². The van der Waals surface area contributed by atoms with Crippen LogP contribution in [0.4, 0.5) is 5.82 Å². The third-order valence-electron chi connectivity index (χ3n) is 3.95. The molecule has 22 heavy (non-hydrogen) atoms. The van der Waals surface area contributed by atoms with E-state index in [4.69, 9.17) is 16.0 Å². The molecule has 0 saturated carbocycles. The highest BCUT2D eigenvalue weighted by molar-refractivity contribution is 6.28. The lowest BCUT2D eigenvalue weighted by atomic mass is 10.3. The Morgan fingerprint density at radius 1 is 1.09 bits per heavy atom. The van der Waals surface area contributed by atoms with E-state index in [9.17, 15) is 0 Å². The molecule has 0 bridgehead atoms. The summed E-state index contributed by atoms with van der Waals surface area (Å²) in [5.74, 6) is 1.91. The van der Waals surface area contributed by atoms with Gasteiger partial charge in [-0.1, -0.05) is 0 Å². The van der Waals surface area contributed by atoms with Crippen LogP contribution >= 0.6 is 11.6 Å². The molecule has 0 unspecified atom stereocenters. The van der Waals surface area contributed by atoms with Crippen LogP contribution in [0.5, 0.6) is 0 Å². The Morgan fingerprint density at radius 2 is 1.95 bits per heavy atom. The zero-order chi connectivity index (χ0) is 14.9. The zero-order valence-corrected chi connectivity index (χ0v) is 12.8. The number of nitrogens with zero attached hydrogens (tertiary/aromatic N) is 5. The van der Waals surface area contributed by atoms with Crippen LogP contribution < -0.4 is 4.90 Å². The number of aromatic nitrogens is 3. The number of anilines is 1. The van der Waals surface area contributed by atoms with Gasteiger partial charge in [0.2, 0.25) is 0 Å². The summed E-state index contributed by atoms with van der Waals surface area (Å²) in [5, 5.41) is 5.05. The van der Waals surface area contributed by atoms with Crippen LogP contribution in [0, 0.1) is 0 Å². The molecular formula is C15H16ClN5O. The number of furan rings is 1. The van der Waals surface area contributed by atoms with Gasteiger partial charge in [0, 0.05) is 38.6 Å². The Balaban J connectivity index is 1.40. The van der Waals surface area contributed by atoms with E-state index >= 15 is 0 Å². The summed E-state index contributed by atoms with van der Waals surface area (Å²) in [5.41, 5.74) is 0.872. The molecule has 7 heteroatoms. The Kier molecular flexibility index (Phi) is 3.48. The van der Waals surface area contributed by atoms with E-state index in [1.54, 1.807) is 12.3 Å². The van der Waals surface area contributed by atoms with Gasteiger partial charge in [0.25, 0.3) is 0 Å². The maximum absolute atomic E-state index is 5.81. The fourth-order valence-electron chi connectivity index (χ4n) is 2.77. The predicted octanol–water partition coefficient (Wildman–Crippen LogP) is 2.30. The zero-order valence-electron chi connectivity index (χ0n) is 12.0. The number of piperazine rings is 1. The monoisotopic (exact) mass is 317 g/mol. The van der Waals surface area contributed by atoms with Gasteiger partial charge in [0.05, 0.1) is 6.54 Å². The van der Waals surface area contributed by atoms with Gasteiger partial charge in [0.1, 0.15) is 11.6 Å². The first kappa shape index (κ1) is 13.6. The maximum atomic E-state index is 5.81. The summed E-state index contributed by atoms with van der Waals surface area (Å²) in [6, 6.07) is 7.75. The molecular weight excluding hydrogens is 302 g/mol. The maximum Gasteiger partial charge on any atom is 0.193 e. The molecule has 3 aromatic rings. The van der Waals surface area contributed by atoms with Gasteiger partial charge in [-0.25, -0.2) is 9.50 Å². The smallest absolute Gasteiger partial charge is 0.193 e. The van der Waals surface area contributed by atoms with Gasteiger partial charge in [-0.3, -0.25) is 4.90 Å². The first-order chi connectivity index (χ1) is 10.8. The average Bonchev–Trinajstić information content (AvgIpc) is 3.16. The first-order valence-corrected chi connectivity index (χ1v) is 7.68. The number of imidazole rings is 1. The van der Waals surface area contributed by atoms with Gasteiger partial charge >= 0.3 is 0 Å². The fourth-order valence-corrected chi connectivity index (χ4v) is 2.93. The van der Waals surface area contributed by atoms with Crippen molar-refractivity contribution in [2.24, 2.45) is 0 Å². The van der Waals surface area contributed by atoms with Gasteiger partial charge in [0.15, 0.2) is 10.9 Å². The molecule has 1 saturated heterocycles. The third-order valence-corrected chi connectivity index (χ3v) is 4.15. The van der Waals surface area contributed by atoms with Crippen molar-refractivity contribution < 1.29 is 4.42 Å². The number of rotatable bonds is 3. The largest absolute Gasteiger partial charge is 0.448 e. The van der Waals surface area contributed by atoms with Crippen molar-refractivity contribution in [2.45, 2.75) is 6.54 Å². The van der Waals surface area contributed by atoms with Crippen LogP contribution in [0.3, 0.4) is 0 Å². The van der Waals surface area contributed by atoms with E-state index in [0.717, 1.165) is 49.9 Å². The van der Waals surface area contributed by atoms with Crippen LogP contribution in [0.1, 0.15) is 5.76 Å². The molecule has 0 aliphatic carbocycles. The lowest BCUT2D eigenvalue weighted by Gasteiger charge is -2.34. The minimum absolute atomic E-state index is 0.450. The molecule has 3 aromatic heterocycles. The number of hydrogen-bond acceptors (Lipinski definition) is 5. The van der Waals surface area contributed by atoms with Gasteiger partial charge in [-0.2, -0.15) is 0 Å². The fraction of sp³-hybridized carbons (Fsp3) is 0.333. The molecule has 114 valence electrons. The highest BCUT2D eigenvalue weighted by Crippen LogP contribution is 2.18. The standard InChI is InChI=1S/C15H16ClN5O/c16-13-2-1-12(22-13)11-19-7-9-20(10-8-19)15-4-3-14-17-5-6-21(14)18-15/h1-6H,7-11H2. The Hall–Kier alpha value is -2.05. The highest BCUT2D eigenvalue weighted by atomic mass is 35.5. The Labute approximate surface area is 132 Å². The normalized spacial score (nSPS) is 16.5. The summed E-state index contributed by atoms with van der Waals surface area (Å²) < 4.78 is 7.24. The van der Waals surface area contributed by atoms with E-state index in [1.165, 1.54) is 0 Å². The molecule has 0 radical (unpaired) electrons. The highest BCUT2D eigenvalue weighted by Gasteiger charge is 2.19. The van der Waals surface area contributed by atoms with Crippen molar-refractivity contribution in [3.63, 3.8) is 0 Å². The second-order valence-electron chi connectivity index (χ2n) is 5.39. The van der Waals surface area contributed by atoms with Crippen LogP contribution in [-0.4, -0.2) is 45.7 Å². The summed E-state index contributed by atoms with van der Waals surface area (Å²) in [6.45, 7) is 4.64. The summed E-state index contributed by atoms with van der Waals surface area (Å²) in [7, 11) is 0. The van der Waals surface area contributed by atoms with Crippen LogP contribution in [0.2, 0.25) is 5.22 Å². The van der Waals surface area contributed by atoms with Gasteiger partial charge < -0.3 is 9.32 Å². The molecule has 6 nitrogen and oxygen atoms in total. The molecule has 1 aliphatic rings. The quantitative estimate of drug-likeness (QED) is 0.742. The summed E-state index contributed by atoms with van der Waals surface area (Å²) in [4.78, 5) is 8.88. The summed E-state index contributed by atoms with van der Waals surface area (Å²) >= 11 is 5.81. The van der Waals surface area contributed by atoms with Crippen LogP contribution in [-0.2, 0) is 6.54 Å². The number of fused-ring (bicyclic) bond motifs is 1. The number of hydrogen-bond donors (Lipinski definition) is 0.